The van der Waals surface area contributed by atoms with Crippen molar-refractivity contribution < 1.29 is 9.59 Å². The molecule has 0 saturated heterocycles. The van der Waals surface area contributed by atoms with Crippen LogP contribution in [-0.4, -0.2) is 21.5 Å². The van der Waals surface area contributed by atoms with Gasteiger partial charge >= 0.3 is 0 Å². The number of hydrogen-bond donors (Lipinski definition) is 0. The summed E-state index contributed by atoms with van der Waals surface area (Å²) in [6.45, 7) is 13.2. The Bertz CT molecular complexity index is 3400. The van der Waals surface area contributed by atoms with Crippen LogP contribution in [0.1, 0.15) is 82.5 Å². The summed E-state index contributed by atoms with van der Waals surface area (Å²) < 4.78 is 0. The van der Waals surface area contributed by atoms with Gasteiger partial charge in [-0.05, 0) is 129 Å². The molecule has 0 spiro atoms. The summed E-state index contributed by atoms with van der Waals surface area (Å²) in [5.41, 5.74) is 11.1. The van der Waals surface area contributed by atoms with Gasteiger partial charge in [-0.1, -0.05) is 142 Å². The number of allylic oxidation sites excluding steroid dienone is 3. The van der Waals surface area contributed by atoms with Crippen molar-refractivity contribution in [3.8, 4) is 11.1 Å². The Hall–Kier alpha value is -7.70. The van der Waals surface area contributed by atoms with Crippen LogP contribution in [0.2, 0.25) is 0 Å². The lowest BCUT2D eigenvalue weighted by Crippen LogP contribution is -2.25. The number of ketones is 2. The SMILES string of the molecule is Cc1cc(C)c(N2/C(=C/C=C3C(=O)c4cc5ccccc5cc4C3=O)N(c3c(C(C)C)cccc3C(C)C)c3nc4ccccc4nc32)c(-c2c3ccccc3cc3ccccc23)c1. The number of aryl methyl sites for hydroxylation is 2. The highest BCUT2D eigenvalue weighted by Gasteiger charge is 2.41. The number of carbonyl (C=O) groups is 2. The number of hydrogen-bond acceptors (Lipinski definition) is 6. The minimum absolute atomic E-state index is 0.127. The Morgan fingerprint density at radius 2 is 0.969 bits per heavy atom. The van der Waals surface area contributed by atoms with Gasteiger partial charge in [0, 0.05) is 16.7 Å². The number of nitrogens with zero attached hydrogens (tertiary/aromatic N) is 4. The zero-order valence-corrected chi connectivity index (χ0v) is 36.8. The largest absolute Gasteiger partial charge is 0.288 e. The molecule has 0 radical (unpaired) electrons. The Morgan fingerprint density at radius 1 is 0.484 bits per heavy atom. The van der Waals surface area contributed by atoms with Crippen LogP contribution in [0.25, 0.3) is 54.5 Å². The van der Waals surface area contributed by atoms with Gasteiger partial charge in [-0.3, -0.25) is 19.4 Å². The summed E-state index contributed by atoms with van der Waals surface area (Å²) in [5, 5.41) is 6.42. The molecule has 0 saturated carbocycles. The lowest BCUT2D eigenvalue weighted by atomic mass is 9.89. The monoisotopic (exact) mass is 830 g/mol. The maximum Gasteiger partial charge on any atom is 0.197 e. The van der Waals surface area contributed by atoms with Crippen LogP contribution in [0.3, 0.4) is 0 Å². The van der Waals surface area contributed by atoms with E-state index in [1.807, 2.05) is 66.7 Å². The zero-order chi connectivity index (χ0) is 44.0. The van der Waals surface area contributed by atoms with Crippen LogP contribution in [-0.2, 0) is 0 Å². The molecule has 6 nitrogen and oxygen atoms in total. The van der Waals surface area contributed by atoms with Gasteiger partial charge in [-0.25, -0.2) is 9.97 Å². The molecule has 2 aliphatic rings. The smallest absolute Gasteiger partial charge is 0.197 e. The lowest BCUT2D eigenvalue weighted by Gasteiger charge is -2.31. The summed E-state index contributed by atoms with van der Waals surface area (Å²) in [6.07, 6.45) is 3.69. The summed E-state index contributed by atoms with van der Waals surface area (Å²) in [6, 6.07) is 50.1. The summed E-state index contributed by atoms with van der Waals surface area (Å²) in [4.78, 5) is 44.3. The number of aromatic nitrogens is 2. The minimum atomic E-state index is -0.280. The molecule has 0 fully saturated rings. The molecule has 8 aromatic carbocycles. The summed E-state index contributed by atoms with van der Waals surface area (Å²) in [7, 11) is 0. The molecule has 64 heavy (non-hydrogen) atoms. The van der Waals surface area contributed by atoms with Crippen molar-refractivity contribution in [2.24, 2.45) is 0 Å². The molecule has 0 amide bonds. The maximum absolute atomic E-state index is 14.4. The number of anilines is 4. The van der Waals surface area contributed by atoms with Gasteiger partial charge in [0.05, 0.1) is 28.0 Å². The predicted molar refractivity (Wildman–Crippen MR) is 264 cm³/mol. The van der Waals surface area contributed by atoms with Crippen molar-refractivity contribution in [3.63, 3.8) is 0 Å². The van der Waals surface area contributed by atoms with Crippen molar-refractivity contribution >= 4 is 77.9 Å². The Morgan fingerprint density at radius 3 is 1.50 bits per heavy atom. The Kier molecular flexibility index (Phi) is 9.17. The van der Waals surface area contributed by atoms with E-state index in [9.17, 15) is 9.59 Å². The zero-order valence-electron chi connectivity index (χ0n) is 36.8. The highest BCUT2D eigenvalue weighted by atomic mass is 16.2. The molecule has 0 atom stereocenters. The molecule has 310 valence electrons. The second-order valence-corrected chi connectivity index (χ2v) is 17.8. The van der Waals surface area contributed by atoms with Crippen molar-refractivity contribution in [2.45, 2.75) is 53.4 Å². The lowest BCUT2D eigenvalue weighted by molar-refractivity contribution is 0.0988. The van der Waals surface area contributed by atoms with Gasteiger partial charge in [0.25, 0.3) is 0 Å². The van der Waals surface area contributed by atoms with Crippen LogP contribution >= 0.6 is 0 Å². The van der Waals surface area contributed by atoms with E-state index in [-0.39, 0.29) is 29.0 Å². The minimum Gasteiger partial charge on any atom is -0.288 e. The van der Waals surface area contributed by atoms with Gasteiger partial charge in [0.2, 0.25) is 0 Å². The van der Waals surface area contributed by atoms with Crippen LogP contribution in [0.15, 0.2) is 169 Å². The van der Waals surface area contributed by atoms with E-state index in [0.29, 0.717) is 28.6 Å². The van der Waals surface area contributed by atoms with Crippen LogP contribution in [0, 0.1) is 13.8 Å². The van der Waals surface area contributed by atoms with Gasteiger partial charge in [-0.15, -0.1) is 0 Å². The van der Waals surface area contributed by atoms with Crippen molar-refractivity contribution in [2.75, 3.05) is 9.80 Å². The Balaban J connectivity index is 1.26. The van der Waals surface area contributed by atoms with E-state index in [1.54, 1.807) is 6.08 Å². The standard InChI is InChI=1S/C58H46N4O2/c1-33(2)41-22-15-23-42(34(3)4)54(41)62-51(27-26-45-55(63)46-31-37-16-7-8-17-38(37)32-47(46)56(45)64)61(57-58(62)60-50-25-14-13-24-49(50)59-57)53-36(6)28-35(5)29-48(53)52-43-20-11-9-18-39(43)30-40-19-10-12-21-44(40)52/h7-34H,1-6H3/b51-27-. The predicted octanol–water partition coefficient (Wildman–Crippen LogP) is 14.8. The number of fused-ring (bicyclic) bond motifs is 6. The fourth-order valence-electron chi connectivity index (χ4n) is 10.0. The highest BCUT2D eigenvalue weighted by molar-refractivity contribution is 6.40. The number of rotatable bonds is 6. The molecule has 0 bridgehead atoms. The quantitative estimate of drug-likeness (QED) is 0.0945. The van der Waals surface area contributed by atoms with E-state index in [4.69, 9.17) is 9.97 Å². The third-order valence-corrected chi connectivity index (χ3v) is 13.0. The van der Waals surface area contributed by atoms with E-state index in [0.717, 1.165) is 88.1 Å². The second kappa shape index (κ2) is 15.0. The molecule has 11 rings (SSSR count). The number of Topliss-reactive ketones (excluding diaryl/α,β-unsaturated/α-hetero) is 2. The first-order valence-corrected chi connectivity index (χ1v) is 22.1. The molecule has 1 aliphatic heterocycles. The first-order chi connectivity index (χ1) is 31.1. The van der Waals surface area contributed by atoms with Gasteiger partial charge in [0.15, 0.2) is 23.2 Å². The molecule has 0 unspecified atom stereocenters. The summed E-state index contributed by atoms with van der Waals surface area (Å²) in [5.74, 6) is 1.79. The Labute approximate surface area is 372 Å². The fourth-order valence-corrected chi connectivity index (χ4v) is 10.0. The van der Waals surface area contributed by atoms with Gasteiger partial charge in [0.1, 0.15) is 5.82 Å². The third kappa shape index (κ3) is 6.08. The molecule has 6 heteroatoms. The van der Waals surface area contributed by atoms with E-state index in [1.165, 1.54) is 0 Å². The van der Waals surface area contributed by atoms with Crippen molar-refractivity contribution in [1.29, 1.82) is 0 Å². The second-order valence-electron chi connectivity index (χ2n) is 17.8. The van der Waals surface area contributed by atoms with Gasteiger partial charge in [-0.2, -0.15) is 0 Å². The maximum atomic E-state index is 14.4. The average Bonchev–Trinajstić information content (AvgIpc) is 3.72. The number of carbonyl (C=O) groups excluding carboxylic acids is 2. The first-order valence-electron chi connectivity index (χ1n) is 22.1. The molecular formula is C58H46N4O2. The molecule has 2 heterocycles. The summed E-state index contributed by atoms with van der Waals surface area (Å²) >= 11 is 0. The fraction of sp³-hybridized carbons (Fsp3) is 0.138. The number of para-hydroxylation sites is 3. The van der Waals surface area contributed by atoms with E-state index >= 15 is 0 Å². The molecule has 1 aliphatic carbocycles. The van der Waals surface area contributed by atoms with Crippen LogP contribution < -0.4 is 9.80 Å². The molecular weight excluding hydrogens is 785 g/mol. The molecule has 0 N–H and O–H groups in total. The van der Waals surface area contributed by atoms with Crippen LogP contribution in [0.4, 0.5) is 23.0 Å². The van der Waals surface area contributed by atoms with Crippen molar-refractivity contribution in [3.05, 3.63) is 203 Å². The number of benzene rings is 8. The van der Waals surface area contributed by atoms with Gasteiger partial charge < -0.3 is 0 Å². The topological polar surface area (TPSA) is 66.4 Å². The molecule has 1 aromatic heterocycles. The third-order valence-electron chi connectivity index (χ3n) is 13.0. The van der Waals surface area contributed by atoms with E-state index < -0.39 is 0 Å². The first kappa shape index (κ1) is 39.2. The highest BCUT2D eigenvalue weighted by Crippen LogP contribution is 2.55. The normalized spacial score (nSPS) is 14.4. The van der Waals surface area contributed by atoms with Crippen LogP contribution in [0.5, 0.6) is 0 Å². The van der Waals surface area contributed by atoms with Crippen molar-refractivity contribution in [1.82, 2.24) is 9.97 Å². The van der Waals surface area contributed by atoms with E-state index in [2.05, 4.69) is 136 Å². The molecule has 9 aromatic rings. The average molecular weight is 831 g/mol.